The van der Waals surface area contributed by atoms with E-state index in [4.69, 9.17) is 21.3 Å². The van der Waals surface area contributed by atoms with Gasteiger partial charge < -0.3 is 14.1 Å². The Morgan fingerprint density at radius 2 is 1.82 bits per heavy atom. The summed E-state index contributed by atoms with van der Waals surface area (Å²) in [5, 5.41) is 1.09. The van der Waals surface area contributed by atoms with Gasteiger partial charge in [0.15, 0.2) is 0 Å². The predicted octanol–water partition coefficient (Wildman–Crippen LogP) is 4.29. The molecule has 0 bridgehead atoms. The summed E-state index contributed by atoms with van der Waals surface area (Å²) in [7, 11) is 0. The summed E-state index contributed by atoms with van der Waals surface area (Å²) < 4.78 is 7.43. The smallest absolute Gasteiger partial charge is 0.258 e. The van der Waals surface area contributed by atoms with Crippen molar-refractivity contribution < 1.29 is 4.74 Å². The molecular formula is C25H30ClN5O2. The van der Waals surface area contributed by atoms with Crippen LogP contribution in [0.1, 0.15) is 42.1 Å². The van der Waals surface area contributed by atoms with E-state index in [9.17, 15) is 4.79 Å². The number of ether oxygens (including phenoxy) is 1. The molecule has 0 aliphatic carbocycles. The van der Waals surface area contributed by atoms with Gasteiger partial charge >= 0.3 is 0 Å². The largest absolute Gasteiger partial charge is 0.379 e. The molecule has 0 spiro atoms. The van der Waals surface area contributed by atoms with E-state index in [1.165, 1.54) is 11.1 Å². The second kappa shape index (κ2) is 10.0. The molecule has 7 nitrogen and oxygen atoms in total. The first-order valence-electron chi connectivity index (χ1n) is 11.4. The molecule has 0 atom stereocenters. The number of rotatable bonds is 4. The Kier molecular flexibility index (Phi) is 7.12. The lowest BCUT2D eigenvalue weighted by molar-refractivity contribution is 0.0342. The minimum absolute atomic E-state index is 0.185. The normalized spacial score (nSPS) is 14.5. The van der Waals surface area contributed by atoms with Crippen LogP contribution in [0.4, 0.5) is 0 Å². The van der Waals surface area contributed by atoms with E-state index in [0.717, 1.165) is 43.2 Å². The molecule has 4 heterocycles. The number of aromatic amines is 1. The van der Waals surface area contributed by atoms with Crippen LogP contribution >= 0.6 is 11.6 Å². The van der Waals surface area contributed by atoms with Gasteiger partial charge in [-0.1, -0.05) is 25.4 Å². The Hall–Kier alpha value is -2.74. The fourth-order valence-electron chi connectivity index (χ4n) is 4.00. The number of hydrogen-bond donors (Lipinski definition) is 1. The Morgan fingerprint density at radius 3 is 2.58 bits per heavy atom. The van der Waals surface area contributed by atoms with Crippen molar-refractivity contribution in [2.45, 2.75) is 40.7 Å². The molecule has 0 amide bonds. The number of H-pyrrole nitrogens is 1. The second-order valence-electron chi connectivity index (χ2n) is 8.18. The summed E-state index contributed by atoms with van der Waals surface area (Å²) in [5.41, 5.74) is 5.59. The lowest BCUT2D eigenvalue weighted by Gasteiger charge is -2.26. The molecule has 1 N–H and O–H groups in total. The Balaban J connectivity index is 0.00000126. The molecule has 5 rings (SSSR count). The number of aromatic nitrogens is 4. The topological polar surface area (TPSA) is 75.5 Å². The number of pyridine rings is 1. The first-order valence-corrected chi connectivity index (χ1v) is 11.8. The molecule has 0 unspecified atom stereocenters. The first kappa shape index (κ1) is 23.4. The average Bonchev–Trinajstić information content (AvgIpc) is 3.18. The highest BCUT2D eigenvalue weighted by atomic mass is 35.5. The number of hydrogen-bond acceptors (Lipinski definition) is 5. The van der Waals surface area contributed by atoms with Crippen molar-refractivity contribution in [2.75, 3.05) is 26.3 Å². The number of imidazole rings is 1. The van der Waals surface area contributed by atoms with Gasteiger partial charge in [0.1, 0.15) is 11.5 Å². The monoisotopic (exact) mass is 467 g/mol. The molecule has 1 fully saturated rings. The highest BCUT2D eigenvalue weighted by molar-refractivity contribution is 6.32. The third-order valence-electron chi connectivity index (χ3n) is 5.88. The quantitative estimate of drug-likeness (QED) is 0.484. The van der Waals surface area contributed by atoms with E-state index in [2.05, 4.69) is 41.0 Å². The summed E-state index contributed by atoms with van der Waals surface area (Å²) in [6.07, 6.45) is 4.50. The maximum atomic E-state index is 12.7. The number of morpholine rings is 1. The van der Waals surface area contributed by atoms with E-state index in [-0.39, 0.29) is 5.56 Å². The van der Waals surface area contributed by atoms with Crippen LogP contribution in [0, 0.1) is 13.8 Å². The van der Waals surface area contributed by atoms with Crippen LogP contribution in [0.2, 0.25) is 5.02 Å². The average molecular weight is 468 g/mol. The Bertz CT molecular complexity index is 1300. The van der Waals surface area contributed by atoms with Gasteiger partial charge in [-0.05, 0) is 48.7 Å². The lowest BCUT2D eigenvalue weighted by atomic mass is 10.1. The van der Waals surface area contributed by atoms with E-state index >= 15 is 0 Å². The van der Waals surface area contributed by atoms with Crippen LogP contribution in [0.15, 0.2) is 35.4 Å². The number of fused-ring (bicyclic) bond motifs is 2. The van der Waals surface area contributed by atoms with E-state index in [0.29, 0.717) is 34.7 Å². The summed E-state index contributed by atoms with van der Waals surface area (Å²) in [4.78, 5) is 27.3. The van der Waals surface area contributed by atoms with Crippen molar-refractivity contribution in [3.05, 3.63) is 74.2 Å². The third kappa shape index (κ3) is 5.11. The molecule has 0 radical (unpaired) electrons. The minimum Gasteiger partial charge on any atom is -0.379 e. The SMILES string of the molecule is CC.Cc1cc2nc(Cc3nc4cc(CN5CCOCC5)c(Cl)cc4c(=O)[nH]3)cn2cc1C. The fourth-order valence-corrected chi connectivity index (χ4v) is 4.22. The highest BCUT2D eigenvalue weighted by Crippen LogP contribution is 2.23. The van der Waals surface area contributed by atoms with Gasteiger partial charge in [-0.25, -0.2) is 9.97 Å². The van der Waals surface area contributed by atoms with E-state index in [1.807, 2.05) is 30.5 Å². The van der Waals surface area contributed by atoms with Crippen LogP contribution in [0.25, 0.3) is 16.6 Å². The molecule has 1 aromatic carbocycles. The minimum atomic E-state index is -0.185. The van der Waals surface area contributed by atoms with Crippen LogP contribution in [-0.4, -0.2) is 50.6 Å². The van der Waals surface area contributed by atoms with E-state index in [1.54, 1.807) is 6.07 Å². The van der Waals surface area contributed by atoms with Gasteiger partial charge in [-0.15, -0.1) is 0 Å². The van der Waals surface area contributed by atoms with Crippen LogP contribution in [-0.2, 0) is 17.7 Å². The summed E-state index contributed by atoms with van der Waals surface area (Å²) in [6, 6.07) is 5.72. The van der Waals surface area contributed by atoms with Crippen molar-refractivity contribution in [1.82, 2.24) is 24.3 Å². The number of nitrogens with zero attached hydrogens (tertiary/aromatic N) is 4. The molecule has 1 aliphatic rings. The second-order valence-corrected chi connectivity index (χ2v) is 8.58. The van der Waals surface area contributed by atoms with Gasteiger partial charge in [0.05, 0.1) is 29.8 Å². The standard InChI is InChI=1S/C23H24ClN5O2.C2H6/c1-14-7-22-25-17(13-29(22)11-15(14)2)9-21-26-20-8-16(12-28-3-5-31-6-4-28)19(24)10-18(20)23(30)27-21;1-2/h7-8,10-11,13H,3-6,9,12H2,1-2H3,(H,26,27,30);1-2H3. The van der Waals surface area contributed by atoms with Gasteiger partial charge in [0.25, 0.3) is 5.56 Å². The first-order chi connectivity index (χ1) is 16.0. The molecule has 1 aliphatic heterocycles. The number of aryl methyl sites for hydroxylation is 2. The Morgan fingerprint density at radius 1 is 1.06 bits per heavy atom. The molecule has 33 heavy (non-hydrogen) atoms. The van der Waals surface area contributed by atoms with E-state index < -0.39 is 0 Å². The number of nitrogens with one attached hydrogen (secondary N) is 1. The van der Waals surface area contributed by atoms with Crippen LogP contribution in [0.5, 0.6) is 0 Å². The zero-order valence-corrected chi connectivity index (χ0v) is 20.4. The number of benzene rings is 1. The summed E-state index contributed by atoms with van der Waals surface area (Å²) >= 11 is 6.48. The molecule has 1 saturated heterocycles. The third-order valence-corrected chi connectivity index (χ3v) is 6.23. The molecule has 0 saturated carbocycles. The zero-order valence-electron chi connectivity index (χ0n) is 19.6. The molecular weight excluding hydrogens is 438 g/mol. The van der Waals surface area contributed by atoms with Crippen molar-refractivity contribution in [3.63, 3.8) is 0 Å². The van der Waals surface area contributed by atoms with Gasteiger partial charge in [-0.2, -0.15) is 0 Å². The molecule has 174 valence electrons. The number of halogens is 1. The maximum absolute atomic E-state index is 12.7. The van der Waals surface area contributed by atoms with Crippen LogP contribution < -0.4 is 5.56 Å². The van der Waals surface area contributed by atoms with Gasteiger partial charge in [-0.3, -0.25) is 9.69 Å². The van der Waals surface area contributed by atoms with Crippen molar-refractivity contribution in [1.29, 1.82) is 0 Å². The molecule has 3 aromatic heterocycles. The van der Waals surface area contributed by atoms with Gasteiger partial charge in [0.2, 0.25) is 0 Å². The predicted molar refractivity (Wildman–Crippen MR) is 132 cm³/mol. The van der Waals surface area contributed by atoms with Crippen molar-refractivity contribution in [3.8, 4) is 0 Å². The summed E-state index contributed by atoms with van der Waals surface area (Å²) in [5.74, 6) is 0.592. The van der Waals surface area contributed by atoms with Crippen molar-refractivity contribution >= 4 is 28.2 Å². The molecule has 8 heteroatoms. The van der Waals surface area contributed by atoms with Crippen LogP contribution in [0.3, 0.4) is 0 Å². The Labute approximate surface area is 198 Å². The lowest BCUT2D eigenvalue weighted by Crippen LogP contribution is -2.35. The maximum Gasteiger partial charge on any atom is 0.258 e. The molecule has 4 aromatic rings. The van der Waals surface area contributed by atoms with Gasteiger partial charge in [0, 0.05) is 43.5 Å². The fraction of sp³-hybridized carbons (Fsp3) is 0.400. The zero-order chi connectivity index (χ0) is 23.5. The van der Waals surface area contributed by atoms with Crippen molar-refractivity contribution in [2.24, 2.45) is 0 Å². The summed E-state index contributed by atoms with van der Waals surface area (Å²) in [6.45, 7) is 12.1. The highest BCUT2D eigenvalue weighted by Gasteiger charge is 2.15.